The maximum atomic E-state index is 3.72. The van der Waals surface area contributed by atoms with Crippen molar-refractivity contribution in [1.29, 1.82) is 0 Å². The lowest BCUT2D eigenvalue weighted by Gasteiger charge is -2.29. The summed E-state index contributed by atoms with van der Waals surface area (Å²) in [7, 11) is 4.19. The Morgan fingerprint density at radius 2 is 1.73 bits per heavy atom. The normalized spacial score (nSPS) is 17.8. The Balaban J connectivity index is 2.58. The van der Waals surface area contributed by atoms with Gasteiger partial charge in [-0.05, 0) is 25.2 Å². The highest BCUT2D eigenvalue weighted by atomic mass is 15.2. The SMILES string of the molecule is C=C=C1CC(=C=C)CN(CCN(C)C)C1. The standard InChI is InChI=1S/C13H20N2/c1-5-12-9-13(6-2)11-15(10-12)8-7-14(3)4/h1-2,7-11H2,3-4H3. The molecular formula is C13H20N2. The van der Waals surface area contributed by atoms with E-state index in [4.69, 9.17) is 0 Å². The quantitative estimate of drug-likeness (QED) is 0.645. The third-order valence-electron chi connectivity index (χ3n) is 2.62. The molecule has 1 aliphatic rings. The molecule has 0 aromatic rings. The number of piperidine rings is 1. The summed E-state index contributed by atoms with van der Waals surface area (Å²) in [6.07, 6.45) is 0.950. The molecule has 0 saturated carbocycles. The van der Waals surface area contributed by atoms with E-state index >= 15 is 0 Å². The average Bonchev–Trinajstić information content (AvgIpc) is 2.25. The lowest BCUT2D eigenvalue weighted by atomic mass is 10.0. The summed E-state index contributed by atoms with van der Waals surface area (Å²) in [5.41, 5.74) is 8.53. The van der Waals surface area contributed by atoms with Crippen LogP contribution in [0.4, 0.5) is 0 Å². The van der Waals surface area contributed by atoms with E-state index in [1.54, 1.807) is 0 Å². The second-order valence-electron chi connectivity index (χ2n) is 4.25. The molecule has 0 atom stereocenters. The van der Waals surface area contributed by atoms with Crippen LogP contribution in [0.5, 0.6) is 0 Å². The minimum absolute atomic E-state index is 0.950. The van der Waals surface area contributed by atoms with Crippen molar-refractivity contribution in [1.82, 2.24) is 9.80 Å². The molecule has 0 spiro atoms. The zero-order chi connectivity index (χ0) is 11.3. The molecule has 0 aromatic carbocycles. The number of likely N-dealkylation sites (tertiary alicyclic amines) is 1. The minimum atomic E-state index is 0.950. The minimum Gasteiger partial charge on any atom is -0.308 e. The number of likely N-dealkylation sites (N-methyl/N-ethyl adjacent to an activating group) is 1. The Kier molecular flexibility index (Phi) is 4.61. The van der Waals surface area contributed by atoms with E-state index in [1.807, 2.05) is 0 Å². The molecule has 1 aliphatic heterocycles. The Morgan fingerprint density at radius 1 is 1.20 bits per heavy atom. The van der Waals surface area contributed by atoms with E-state index in [0.29, 0.717) is 0 Å². The molecule has 0 radical (unpaired) electrons. The van der Waals surface area contributed by atoms with Crippen molar-refractivity contribution in [3.8, 4) is 0 Å². The van der Waals surface area contributed by atoms with Crippen molar-refractivity contribution < 1.29 is 0 Å². The molecule has 15 heavy (non-hydrogen) atoms. The van der Waals surface area contributed by atoms with Gasteiger partial charge in [-0.25, -0.2) is 0 Å². The van der Waals surface area contributed by atoms with Crippen LogP contribution in [0.15, 0.2) is 35.8 Å². The lowest BCUT2D eigenvalue weighted by Crippen LogP contribution is -2.37. The summed E-state index contributed by atoms with van der Waals surface area (Å²) in [6.45, 7) is 11.6. The van der Waals surface area contributed by atoms with Crippen molar-refractivity contribution in [2.75, 3.05) is 40.3 Å². The van der Waals surface area contributed by atoms with Crippen LogP contribution < -0.4 is 0 Å². The highest BCUT2D eigenvalue weighted by Gasteiger charge is 2.17. The van der Waals surface area contributed by atoms with Gasteiger partial charge < -0.3 is 4.90 Å². The molecule has 1 saturated heterocycles. The second kappa shape index (κ2) is 5.75. The number of hydrogen-bond donors (Lipinski definition) is 0. The van der Waals surface area contributed by atoms with Gasteiger partial charge in [0.1, 0.15) is 0 Å². The first-order chi connectivity index (χ1) is 7.15. The smallest absolute Gasteiger partial charge is 0.0275 e. The number of hydrogen-bond acceptors (Lipinski definition) is 2. The average molecular weight is 204 g/mol. The fourth-order valence-electron chi connectivity index (χ4n) is 1.70. The van der Waals surface area contributed by atoms with Crippen LogP contribution in [-0.4, -0.2) is 50.1 Å². The topological polar surface area (TPSA) is 6.48 Å². The van der Waals surface area contributed by atoms with E-state index in [0.717, 1.165) is 32.6 Å². The molecule has 0 amide bonds. The molecule has 0 aliphatic carbocycles. The molecular weight excluding hydrogens is 184 g/mol. The van der Waals surface area contributed by atoms with Crippen LogP contribution >= 0.6 is 0 Å². The summed E-state index contributed by atoms with van der Waals surface area (Å²) in [6, 6.07) is 0. The predicted molar refractivity (Wildman–Crippen MR) is 64.9 cm³/mol. The van der Waals surface area contributed by atoms with Gasteiger partial charge in [0.2, 0.25) is 0 Å². The van der Waals surface area contributed by atoms with Crippen molar-refractivity contribution >= 4 is 0 Å². The second-order valence-corrected chi connectivity index (χ2v) is 4.25. The molecule has 1 heterocycles. The predicted octanol–water partition coefficient (Wildman–Crippen LogP) is 1.68. The highest BCUT2D eigenvalue weighted by molar-refractivity contribution is 5.20. The molecule has 0 aromatic heterocycles. The van der Waals surface area contributed by atoms with Gasteiger partial charge in [-0.1, -0.05) is 13.2 Å². The molecule has 0 N–H and O–H groups in total. The van der Waals surface area contributed by atoms with Crippen molar-refractivity contribution in [2.24, 2.45) is 0 Å². The first-order valence-corrected chi connectivity index (χ1v) is 5.28. The third-order valence-corrected chi connectivity index (χ3v) is 2.62. The van der Waals surface area contributed by atoms with Gasteiger partial charge in [-0.3, -0.25) is 4.90 Å². The zero-order valence-electron chi connectivity index (χ0n) is 9.84. The Bertz CT molecular complexity index is 289. The summed E-state index contributed by atoms with van der Waals surface area (Å²) in [4.78, 5) is 4.59. The Hall–Kier alpha value is -1.04. The van der Waals surface area contributed by atoms with Crippen LogP contribution in [0, 0.1) is 0 Å². The fraction of sp³-hybridized carbons (Fsp3) is 0.538. The lowest BCUT2D eigenvalue weighted by molar-refractivity contribution is 0.260. The van der Waals surface area contributed by atoms with Gasteiger partial charge in [0.25, 0.3) is 0 Å². The van der Waals surface area contributed by atoms with Gasteiger partial charge in [0, 0.05) is 32.6 Å². The first-order valence-electron chi connectivity index (χ1n) is 5.28. The van der Waals surface area contributed by atoms with Crippen molar-refractivity contribution in [2.45, 2.75) is 6.42 Å². The van der Waals surface area contributed by atoms with Crippen LogP contribution in [0.25, 0.3) is 0 Å². The largest absolute Gasteiger partial charge is 0.308 e. The van der Waals surface area contributed by atoms with Crippen LogP contribution in [0.2, 0.25) is 0 Å². The van der Waals surface area contributed by atoms with Gasteiger partial charge in [-0.15, -0.1) is 11.5 Å². The third kappa shape index (κ3) is 3.91. The molecule has 1 rings (SSSR count). The maximum absolute atomic E-state index is 3.72. The monoisotopic (exact) mass is 204 g/mol. The van der Waals surface area contributed by atoms with E-state index in [1.165, 1.54) is 11.1 Å². The summed E-state index contributed by atoms with van der Waals surface area (Å²) >= 11 is 0. The van der Waals surface area contributed by atoms with Gasteiger partial charge in [-0.2, -0.15) is 0 Å². The zero-order valence-corrected chi connectivity index (χ0v) is 9.84. The molecule has 1 fully saturated rings. The Labute approximate surface area is 92.9 Å². The summed E-state index contributed by atoms with van der Waals surface area (Å²) in [5.74, 6) is 0. The van der Waals surface area contributed by atoms with E-state index in [2.05, 4.69) is 48.5 Å². The summed E-state index contributed by atoms with van der Waals surface area (Å²) < 4.78 is 0. The Morgan fingerprint density at radius 3 is 2.13 bits per heavy atom. The molecule has 0 bridgehead atoms. The molecule has 2 nitrogen and oxygen atoms in total. The van der Waals surface area contributed by atoms with Gasteiger partial charge in [0.05, 0.1) is 0 Å². The fourth-order valence-corrected chi connectivity index (χ4v) is 1.70. The summed E-state index contributed by atoms with van der Waals surface area (Å²) in [5, 5.41) is 0. The van der Waals surface area contributed by atoms with Gasteiger partial charge in [0.15, 0.2) is 0 Å². The first kappa shape index (κ1) is 12.0. The number of nitrogens with zero attached hydrogens (tertiary/aromatic N) is 2. The van der Waals surface area contributed by atoms with Crippen molar-refractivity contribution in [3.05, 3.63) is 35.8 Å². The van der Waals surface area contributed by atoms with Crippen LogP contribution in [0.3, 0.4) is 0 Å². The van der Waals surface area contributed by atoms with Crippen molar-refractivity contribution in [3.63, 3.8) is 0 Å². The van der Waals surface area contributed by atoms with E-state index < -0.39 is 0 Å². The molecule has 0 unspecified atom stereocenters. The van der Waals surface area contributed by atoms with E-state index in [9.17, 15) is 0 Å². The molecule has 2 heteroatoms. The molecule has 82 valence electrons. The van der Waals surface area contributed by atoms with E-state index in [-0.39, 0.29) is 0 Å². The highest BCUT2D eigenvalue weighted by Crippen LogP contribution is 2.18. The van der Waals surface area contributed by atoms with Crippen LogP contribution in [0.1, 0.15) is 6.42 Å². The van der Waals surface area contributed by atoms with Gasteiger partial charge >= 0.3 is 0 Å². The maximum Gasteiger partial charge on any atom is 0.0275 e. The van der Waals surface area contributed by atoms with Crippen LogP contribution in [-0.2, 0) is 0 Å². The number of rotatable bonds is 3.